The standard InChI is InChI=1S/C23H16NO.C6H5NO2.Ir/c1-14-11-15(2)13-16(12-14)22-21-18-8-4-6-10-20(18)25-23(21)17-7-3-5-9-19(17)24-22;8-6(9)5-3-1-2-4-7-5;/h3-12H,1-2H3;1-4H,(H,8,9);/q-1;;. The molecule has 1 radical (unpaired) electrons. The number of furan rings is 1. The van der Waals surface area contributed by atoms with Gasteiger partial charge in [-0.05, 0) is 30.3 Å². The first-order chi connectivity index (χ1) is 16.5. The second-order valence-electron chi connectivity index (χ2n) is 8.05. The number of aromatic nitrogens is 2. The van der Waals surface area contributed by atoms with Crippen LogP contribution in [0, 0.1) is 19.9 Å². The molecule has 0 atom stereocenters. The van der Waals surface area contributed by atoms with Crippen molar-refractivity contribution >= 4 is 38.8 Å². The quantitative estimate of drug-likeness (QED) is 0.207. The van der Waals surface area contributed by atoms with Crippen LogP contribution in [0.15, 0.2) is 89.5 Å². The van der Waals surface area contributed by atoms with Crippen LogP contribution in [0.4, 0.5) is 0 Å². The number of carboxylic acids is 1. The van der Waals surface area contributed by atoms with E-state index in [-0.39, 0.29) is 25.8 Å². The summed E-state index contributed by atoms with van der Waals surface area (Å²) in [4.78, 5) is 18.7. The van der Waals surface area contributed by atoms with Crippen molar-refractivity contribution in [1.29, 1.82) is 0 Å². The Hall–Kier alpha value is -3.86. The molecule has 0 aliphatic rings. The summed E-state index contributed by atoms with van der Waals surface area (Å²) >= 11 is 0. The van der Waals surface area contributed by atoms with Crippen molar-refractivity contribution < 1.29 is 34.4 Å². The first-order valence-corrected chi connectivity index (χ1v) is 10.9. The summed E-state index contributed by atoms with van der Waals surface area (Å²) in [5, 5.41) is 11.5. The summed E-state index contributed by atoms with van der Waals surface area (Å²) in [5.74, 6) is -0.990. The van der Waals surface area contributed by atoms with E-state index in [1.165, 1.54) is 17.8 Å². The summed E-state index contributed by atoms with van der Waals surface area (Å²) in [5.41, 5.74) is 7.09. The van der Waals surface area contributed by atoms with E-state index in [4.69, 9.17) is 14.5 Å². The summed E-state index contributed by atoms with van der Waals surface area (Å²) < 4.78 is 6.23. The van der Waals surface area contributed by atoms with Gasteiger partial charge in [0.25, 0.3) is 0 Å². The maximum absolute atomic E-state index is 10.1. The molecule has 6 aromatic rings. The van der Waals surface area contributed by atoms with Gasteiger partial charge in [-0.25, -0.2) is 9.78 Å². The number of para-hydroxylation sites is 2. The van der Waals surface area contributed by atoms with Crippen LogP contribution >= 0.6 is 0 Å². The number of nitrogens with zero attached hydrogens (tertiary/aromatic N) is 2. The second-order valence-corrected chi connectivity index (χ2v) is 8.05. The van der Waals surface area contributed by atoms with Gasteiger partial charge < -0.3 is 9.52 Å². The molecule has 175 valence electrons. The van der Waals surface area contributed by atoms with Crippen molar-refractivity contribution in [2.45, 2.75) is 13.8 Å². The molecule has 35 heavy (non-hydrogen) atoms. The Morgan fingerprint density at radius 1 is 0.914 bits per heavy atom. The molecule has 3 aromatic heterocycles. The molecule has 0 spiro atoms. The van der Waals surface area contributed by atoms with Crippen molar-refractivity contribution in [2.24, 2.45) is 0 Å². The van der Waals surface area contributed by atoms with Crippen LogP contribution in [0.5, 0.6) is 0 Å². The van der Waals surface area contributed by atoms with Crippen molar-refractivity contribution in [3.8, 4) is 11.3 Å². The van der Waals surface area contributed by atoms with Gasteiger partial charge in [-0.2, -0.15) is 0 Å². The SMILES string of the molecule is Cc1[c-]c(-c2nc3ccccc3c3oc4ccccc4c23)cc(C)c1.O=C(O)c1ccccn1.[Ir]. The fraction of sp³-hybridized carbons (Fsp3) is 0.0690. The first kappa shape index (κ1) is 24.3. The Bertz CT molecular complexity index is 1640. The Kier molecular flexibility index (Phi) is 7.06. The normalized spacial score (nSPS) is 10.6. The minimum Gasteiger partial charge on any atom is -0.477 e. The third-order valence-electron chi connectivity index (χ3n) is 5.50. The molecule has 3 heterocycles. The van der Waals surface area contributed by atoms with E-state index in [2.05, 4.69) is 49.2 Å². The van der Waals surface area contributed by atoms with Crippen LogP contribution in [0.2, 0.25) is 0 Å². The van der Waals surface area contributed by atoms with Crippen LogP contribution < -0.4 is 0 Å². The molecule has 0 fully saturated rings. The van der Waals surface area contributed by atoms with Crippen molar-refractivity contribution in [2.75, 3.05) is 0 Å². The van der Waals surface area contributed by atoms with E-state index in [0.29, 0.717) is 0 Å². The molecule has 0 aliphatic carbocycles. The van der Waals surface area contributed by atoms with Gasteiger partial charge >= 0.3 is 5.97 Å². The zero-order valence-corrected chi connectivity index (χ0v) is 21.5. The number of carboxylic acid groups (broad SMARTS) is 1. The van der Waals surface area contributed by atoms with Gasteiger partial charge in [0.2, 0.25) is 0 Å². The monoisotopic (exact) mass is 638 g/mol. The van der Waals surface area contributed by atoms with Crippen molar-refractivity contribution in [1.82, 2.24) is 9.97 Å². The molecule has 5 nitrogen and oxygen atoms in total. The maximum Gasteiger partial charge on any atom is 0.354 e. The van der Waals surface area contributed by atoms with Crippen molar-refractivity contribution in [3.63, 3.8) is 0 Å². The molecule has 1 N–H and O–H groups in total. The first-order valence-electron chi connectivity index (χ1n) is 10.9. The molecule has 0 amide bonds. The predicted octanol–water partition coefficient (Wildman–Crippen LogP) is 7.00. The van der Waals surface area contributed by atoms with Crippen LogP contribution in [0.1, 0.15) is 21.6 Å². The molecule has 6 heteroatoms. The van der Waals surface area contributed by atoms with E-state index in [0.717, 1.165) is 49.7 Å². The van der Waals surface area contributed by atoms with Crippen LogP contribution in [-0.4, -0.2) is 21.0 Å². The topological polar surface area (TPSA) is 76.2 Å². The third-order valence-corrected chi connectivity index (χ3v) is 5.50. The van der Waals surface area contributed by atoms with Gasteiger partial charge in [0.15, 0.2) is 0 Å². The molecule has 3 aromatic carbocycles. The molecular formula is C29H21IrN2O3-. The number of aryl methyl sites for hydroxylation is 2. The molecule has 0 saturated heterocycles. The number of hydrogen-bond acceptors (Lipinski definition) is 4. The fourth-order valence-electron chi connectivity index (χ4n) is 4.12. The maximum atomic E-state index is 10.1. The Morgan fingerprint density at radius 3 is 2.31 bits per heavy atom. The van der Waals surface area contributed by atoms with Gasteiger partial charge in [0, 0.05) is 48.2 Å². The van der Waals surface area contributed by atoms with E-state index >= 15 is 0 Å². The molecule has 0 unspecified atom stereocenters. The smallest absolute Gasteiger partial charge is 0.354 e. The number of benzene rings is 3. The van der Waals surface area contributed by atoms with Gasteiger partial charge in [-0.1, -0.05) is 50.2 Å². The summed E-state index contributed by atoms with van der Waals surface area (Å²) in [6.07, 6.45) is 1.45. The zero-order valence-electron chi connectivity index (χ0n) is 19.1. The molecule has 0 bridgehead atoms. The molecule has 0 aliphatic heterocycles. The summed E-state index contributed by atoms with van der Waals surface area (Å²) in [6.45, 7) is 4.18. The molecule has 0 saturated carbocycles. The summed E-state index contributed by atoms with van der Waals surface area (Å²) in [7, 11) is 0. The number of pyridine rings is 2. The number of hydrogen-bond donors (Lipinski definition) is 1. The fourth-order valence-corrected chi connectivity index (χ4v) is 4.12. The predicted molar refractivity (Wildman–Crippen MR) is 134 cm³/mol. The average Bonchev–Trinajstić information content (AvgIpc) is 3.24. The van der Waals surface area contributed by atoms with E-state index in [1.807, 2.05) is 36.4 Å². The Balaban J connectivity index is 0.000000247. The van der Waals surface area contributed by atoms with E-state index in [9.17, 15) is 4.79 Å². The van der Waals surface area contributed by atoms with Gasteiger partial charge in [-0.3, -0.25) is 4.98 Å². The number of fused-ring (bicyclic) bond motifs is 5. The van der Waals surface area contributed by atoms with Gasteiger partial charge in [0.05, 0.1) is 5.52 Å². The Morgan fingerprint density at radius 2 is 1.63 bits per heavy atom. The van der Waals surface area contributed by atoms with Crippen LogP contribution in [0.25, 0.3) is 44.1 Å². The third kappa shape index (κ3) is 4.85. The summed E-state index contributed by atoms with van der Waals surface area (Å²) in [6, 6.07) is 28.8. The number of carbonyl (C=O) groups is 1. The zero-order chi connectivity index (χ0) is 23.7. The van der Waals surface area contributed by atoms with Crippen LogP contribution in [-0.2, 0) is 20.1 Å². The number of rotatable bonds is 2. The van der Waals surface area contributed by atoms with Crippen LogP contribution in [0.3, 0.4) is 0 Å². The minimum atomic E-state index is -0.990. The van der Waals surface area contributed by atoms with Crippen molar-refractivity contribution in [3.05, 3.63) is 108 Å². The Labute approximate surface area is 215 Å². The number of aromatic carboxylic acids is 1. The largest absolute Gasteiger partial charge is 0.477 e. The van der Waals surface area contributed by atoms with E-state index in [1.54, 1.807) is 12.1 Å². The molecule has 6 rings (SSSR count). The molecular weight excluding hydrogens is 617 g/mol. The minimum absolute atomic E-state index is 0. The van der Waals surface area contributed by atoms with Gasteiger partial charge in [-0.15, -0.1) is 34.9 Å². The van der Waals surface area contributed by atoms with Gasteiger partial charge in [0.1, 0.15) is 16.9 Å². The van der Waals surface area contributed by atoms with E-state index < -0.39 is 5.97 Å². The second kappa shape index (κ2) is 10.2. The average molecular weight is 638 g/mol.